The van der Waals surface area contributed by atoms with Crippen LogP contribution in [0.1, 0.15) is 30.5 Å². The van der Waals surface area contributed by atoms with E-state index in [9.17, 15) is 0 Å². The summed E-state index contributed by atoms with van der Waals surface area (Å²) >= 11 is 9.91. The number of hydrogen-bond donors (Lipinski definition) is 0. The standard InChI is InChI=1S/C11H11ClIN3S/c1-5(2)9-8(13)10(12)16-11(15-9)7-4-17-6(3)14-7/h4-5H,1-3H3. The SMILES string of the molecule is Cc1nc(-c2nc(Cl)c(I)c(C(C)C)n2)cs1. The first-order valence-corrected chi connectivity index (χ1v) is 7.48. The second kappa shape index (κ2) is 5.16. The monoisotopic (exact) mass is 379 g/mol. The van der Waals surface area contributed by atoms with E-state index < -0.39 is 0 Å². The maximum Gasteiger partial charge on any atom is 0.180 e. The van der Waals surface area contributed by atoms with E-state index in [1.54, 1.807) is 11.3 Å². The Labute approximate surface area is 123 Å². The zero-order valence-electron chi connectivity index (χ0n) is 9.66. The van der Waals surface area contributed by atoms with Crippen molar-refractivity contribution < 1.29 is 0 Å². The van der Waals surface area contributed by atoms with Gasteiger partial charge in [0, 0.05) is 5.38 Å². The van der Waals surface area contributed by atoms with Crippen molar-refractivity contribution in [3.63, 3.8) is 0 Å². The number of rotatable bonds is 2. The molecule has 0 aliphatic rings. The third-order valence-electron chi connectivity index (χ3n) is 2.23. The predicted octanol–water partition coefficient (Wildman–Crippen LogP) is 4.29. The fourth-order valence-electron chi connectivity index (χ4n) is 1.40. The third kappa shape index (κ3) is 2.77. The van der Waals surface area contributed by atoms with Crippen molar-refractivity contribution in [1.82, 2.24) is 15.0 Å². The molecule has 3 nitrogen and oxygen atoms in total. The number of aromatic nitrogens is 3. The molecule has 0 fully saturated rings. The molecule has 0 amide bonds. The Kier molecular flexibility index (Phi) is 3.99. The molecule has 0 unspecified atom stereocenters. The Morgan fingerprint density at radius 3 is 2.53 bits per heavy atom. The van der Waals surface area contributed by atoms with Crippen LogP contribution in [0.2, 0.25) is 5.15 Å². The number of halogens is 2. The van der Waals surface area contributed by atoms with Crippen LogP contribution in [0.3, 0.4) is 0 Å². The van der Waals surface area contributed by atoms with Gasteiger partial charge in [0.2, 0.25) is 0 Å². The summed E-state index contributed by atoms with van der Waals surface area (Å²) in [5.41, 5.74) is 1.78. The molecule has 0 aliphatic carbocycles. The molecule has 17 heavy (non-hydrogen) atoms. The Morgan fingerprint density at radius 2 is 2.00 bits per heavy atom. The molecule has 0 atom stereocenters. The zero-order chi connectivity index (χ0) is 12.6. The highest BCUT2D eigenvalue weighted by atomic mass is 127. The Bertz CT molecular complexity index is 554. The highest BCUT2D eigenvalue weighted by Gasteiger charge is 2.15. The van der Waals surface area contributed by atoms with Crippen LogP contribution in [0, 0.1) is 10.5 Å². The van der Waals surface area contributed by atoms with Gasteiger partial charge in [-0.15, -0.1) is 11.3 Å². The van der Waals surface area contributed by atoms with E-state index in [0.29, 0.717) is 16.9 Å². The van der Waals surface area contributed by atoms with E-state index in [2.05, 4.69) is 51.4 Å². The van der Waals surface area contributed by atoms with Crippen LogP contribution < -0.4 is 0 Å². The van der Waals surface area contributed by atoms with Crippen LogP contribution in [-0.4, -0.2) is 15.0 Å². The summed E-state index contributed by atoms with van der Waals surface area (Å²) in [5, 5.41) is 3.46. The molecule has 2 aromatic rings. The van der Waals surface area contributed by atoms with Crippen LogP contribution >= 0.6 is 45.5 Å². The van der Waals surface area contributed by atoms with Crippen molar-refractivity contribution in [1.29, 1.82) is 0 Å². The van der Waals surface area contributed by atoms with E-state index in [-0.39, 0.29) is 0 Å². The van der Waals surface area contributed by atoms with Crippen LogP contribution in [0.25, 0.3) is 11.5 Å². The Balaban J connectivity index is 2.56. The van der Waals surface area contributed by atoms with Gasteiger partial charge in [-0.1, -0.05) is 25.4 Å². The molecule has 90 valence electrons. The molecular weight excluding hydrogens is 369 g/mol. The molecule has 0 saturated heterocycles. The fourth-order valence-corrected chi connectivity index (χ4v) is 3.03. The van der Waals surface area contributed by atoms with Gasteiger partial charge in [0.05, 0.1) is 14.3 Å². The largest absolute Gasteiger partial charge is 0.238 e. The van der Waals surface area contributed by atoms with Gasteiger partial charge in [-0.3, -0.25) is 0 Å². The summed E-state index contributed by atoms with van der Waals surface area (Å²) < 4.78 is 0.926. The second-order valence-electron chi connectivity index (χ2n) is 3.94. The lowest BCUT2D eigenvalue weighted by Gasteiger charge is -2.09. The second-order valence-corrected chi connectivity index (χ2v) is 6.44. The number of thiazole rings is 1. The first kappa shape index (κ1) is 13.2. The molecule has 0 saturated carbocycles. The van der Waals surface area contributed by atoms with E-state index >= 15 is 0 Å². The lowest BCUT2D eigenvalue weighted by molar-refractivity contribution is 0.807. The van der Waals surface area contributed by atoms with Crippen molar-refractivity contribution in [3.05, 3.63) is 24.8 Å². The van der Waals surface area contributed by atoms with E-state index in [4.69, 9.17) is 11.6 Å². The summed E-state index contributed by atoms with van der Waals surface area (Å²) in [4.78, 5) is 13.2. The van der Waals surface area contributed by atoms with Crippen molar-refractivity contribution in [2.45, 2.75) is 26.7 Å². The number of aryl methyl sites for hydroxylation is 1. The quantitative estimate of drug-likeness (QED) is 0.577. The predicted molar refractivity (Wildman–Crippen MR) is 79.7 cm³/mol. The highest BCUT2D eigenvalue weighted by Crippen LogP contribution is 2.28. The van der Waals surface area contributed by atoms with Crippen molar-refractivity contribution in [2.75, 3.05) is 0 Å². The summed E-state index contributed by atoms with van der Waals surface area (Å²) in [6.45, 7) is 6.15. The summed E-state index contributed by atoms with van der Waals surface area (Å²) in [6.07, 6.45) is 0. The minimum absolute atomic E-state index is 0.320. The van der Waals surface area contributed by atoms with Crippen LogP contribution in [0.5, 0.6) is 0 Å². The Hall–Kier alpha value is -0.270. The van der Waals surface area contributed by atoms with Crippen LogP contribution in [-0.2, 0) is 0 Å². The molecule has 6 heteroatoms. The van der Waals surface area contributed by atoms with Gasteiger partial charge in [-0.2, -0.15) is 0 Å². The van der Waals surface area contributed by atoms with Crippen LogP contribution in [0.15, 0.2) is 5.38 Å². The van der Waals surface area contributed by atoms with Gasteiger partial charge in [0.1, 0.15) is 10.8 Å². The average molecular weight is 380 g/mol. The van der Waals surface area contributed by atoms with Gasteiger partial charge in [0.15, 0.2) is 5.82 Å². The summed E-state index contributed by atoms with van der Waals surface area (Å²) in [7, 11) is 0. The van der Waals surface area contributed by atoms with Gasteiger partial charge in [-0.25, -0.2) is 15.0 Å². The van der Waals surface area contributed by atoms with Crippen LogP contribution in [0.4, 0.5) is 0 Å². The molecule has 0 spiro atoms. The zero-order valence-corrected chi connectivity index (χ0v) is 13.4. The summed E-state index contributed by atoms with van der Waals surface area (Å²) in [6, 6.07) is 0. The lowest BCUT2D eigenvalue weighted by Crippen LogP contribution is -2.02. The fraction of sp³-hybridized carbons (Fsp3) is 0.364. The Morgan fingerprint density at radius 1 is 1.29 bits per heavy atom. The lowest BCUT2D eigenvalue weighted by atomic mass is 10.1. The topological polar surface area (TPSA) is 38.7 Å². The van der Waals surface area contributed by atoms with Gasteiger partial charge in [-0.05, 0) is 35.4 Å². The van der Waals surface area contributed by atoms with Gasteiger partial charge < -0.3 is 0 Å². The first-order valence-electron chi connectivity index (χ1n) is 5.14. The first-order chi connectivity index (χ1) is 7.99. The van der Waals surface area contributed by atoms with Gasteiger partial charge in [0.25, 0.3) is 0 Å². The maximum absolute atomic E-state index is 6.14. The average Bonchev–Trinajstić information content (AvgIpc) is 2.68. The molecule has 0 bridgehead atoms. The van der Waals surface area contributed by atoms with Gasteiger partial charge >= 0.3 is 0 Å². The number of hydrogen-bond acceptors (Lipinski definition) is 4. The normalized spacial score (nSPS) is 11.2. The van der Waals surface area contributed by atoms with Crippen molar-refractivity contribution >= 4 is 45.5 Å². The maximum atomic E-state index is 6.14. The molecule has 2 rings (SSSR count). The van der Waals surface area contributed by atoms with E-state index in [1.165, 1.54) is 0 Å². The minimum Gasteiger partial charge on any atom is -0.238 e. The summed E-state index contributed by atoms with van der Waals surface area (Å²) in [5.74, 6) is 0.935. The van der Waals surface area contributed by atoms with E-state index in [0.717, 1.165) is 20.0 Å². The smallest absolute Gasteiger partial charge is 0.180 e. The van der Waals surface area contributed by atoms with Crippen molar-refractivity contribution in [2.24, 2.45) is 0 Å². The minimum atomic E-state index is 0.320. The molecule has 2 aromatic heterocycles. The third-order valence-corrected chi connectivity index (χ3v) is 4.66. The molecular formula is C11H11ClIN3S. The number of nitrogens with zero attached hydrogens (tertiary/aromatic N) is 3. The highest BCUT2D eigenvalue weighted by molar-refractivity contribution is 14.1. The molecule has 2 heterocycles. The molecule has 0 aromatic carbocycles. The molecule has 0 radical (unpaired) electrons. The molecule has 0 N–H and O–H groups in total. The molecule has 0 aliphatic heterocycles. The van der Waals surface area contributed by atoms with Crippen molar-refractivity contribution in [3.8, 4) is 11.5 Å². The van der Waals surface area contributed by atoms with E-state index in [1.807, 2.05) is 12.3 Å².